The van der Waals surface area contributed by atoms with Gasteiger partial charge in [-0.05, 0) is 55.6 Å². The molecule has 25 heavy (non-hydrogen) atoms. The smallest absolute Gasteiger partial charge is 0.338 e. The summed E-state index contributed by atoms with van der Waals surface area (Å²) in [4.78, 5) is 24.2. The lowest BCUT2D eigenvalue weighted by atomic mass is 9.77. The molecule has 1 atom stereocenters. The van der Waals surface area contributed by atoms with Gasteiger partial charge in [-0.3, -0.25) is 4.79 Å². The average Bonchev–Trinajstić information content (AvgIpc) is 2.53. The summed E-state index contributed by atoms with van der Waals surface area (Å²) in [5, 5.41) is 0. The van der Waals surface area contributed by atoms with Crippen LogP contribution in [-0.2, 0) is 9.53 Å². The highest BCUT2D eigenvalue weighted by Gasteiger charge is 2.23. The summed E-state index contributed by atoms with van der Waals surface area (Å²) in [6.07, 6.45) is 3.95. The van der Waals surface area contributed by atoms with Crippen LogP contribution in [0, 0.1) is 10.8 Å². The van der Waals surface area contributed by atoms with E-state index in [2.05, 4.69) is 34.6 Å². The van der Waals surface area contributed by atoms with Crippen molar-refractivity contribution in [1.29, 1.82) is 0 Å². The average molecular weight is 347 g/mol. The topological polar surface area (TPSA) is 43.4 Å². The van der Waals surface area contributed by atoms with E-state index in [9.17, 15) is 9.59 Å². The van der Waals surface area contributed by atoms with Gasteiger partial charge in [-0.2, -0.15) is 0 Å². The highest BCUT2D eigenvalue weighted by atomic mass is 16.5. The molecule has 1 aromatic rings. The van der Waals surface area contributed by atoms with Crippen molar-refractivity contribution in [2.24, 2.45) is 10.8 Å². The third-order valence-corrected chi connectivity index (χ3v) is 4.58. The van der Waals surface area contributed by atoms with Crippen LogP contribution in [0.4, 0.5) is 0 Å². The van der Waals surface area contributed by atoms with Crippen LogP contribution in [0.3, 0.4) is 0 Å². The Balaban J connectivity index is 2.37. The molecule has 1 unspecified atom stereocenters. The lowest BCUT2D eigenvalue weighted by Gasteiger charge is -2.29. The Hall–Kier alpha value is -1.64. The number of ether oxygens (including phenoxy) is 1. The lowest BCUT2D eigenvalue weighted by molar-refractivity contribution is -0.127. The monoisotopic (exact) mass is 346 g/mol. The van der Waals surface area contributed by atoms with Crippen molar-refractivity contribution in [1.82, 2.24) is 0 Å². The van der Waals surface area contributed by atoms with Crippen LogP contribution in [0.5, 0.6) is 0 Å². The Kier molecular flexibility index (Phi) is 7.85. The first-order valence-electron chi connectivity index (χ1n) is 9.29. The molecule has 0 N–H and O–H groups in total. The molecule has 1 rings (SSSR count). The molecule has 3 heteroatoms. The lowest BCUT2D eigenvalue weighted by Crippen LogP contribution is -2.24. The van der Waals surface area contributed by atoms with Gasteiger partial charge in [-0.1, -0.05) is 52.8 Å². The number of hydrogen-bond donors (Lipinski definition) is 0. The summed E-state index contributed by atoms with van der Waals surface area (Å²) in [5.74, 6) is -0.442. The predicted molar refractivity (Wildman–Crippen MR) is 103 cm³/mol. The number of rotatable bonds is 9. The number of carbonyl (C=O) groups is 2. The molecule has 0 radical (unpaired) electrons. The molecule has 0 saturated carbocycles. The molecule has 3 nitrogen and oxygen atoms in total. The molecule has 0 aliphatic carbocycles. The maximum atomic E-state index is 12.2. The molecule has 0 spiro atoms. The largest absolute Gasteiger partial charge is 0.451 e. The van der Waals surface area contributed by atoms with Crippen LogP contribution in [0.1, 0.15) is 84.0 Å². The summed E-state index contributed by atoms with van der Waals surface area (Å²) in [7, 11) is 0. The Bertz CT molecular complexity index is 552. The van der Waals surface area contributed by atoms with E-state index in [-0.39, 0.29) is 11.2 Å². The van der Waals surface area contributed by atoms with Gasteiger partial charge in [0, 0.05) is 6.42 Å². The van der Waals surface area contributed by atoms with Crippen molar-refractivity contribution in [3.63, 3.8) is 0 Å². The summed E-state index contributed by atoms with van der Waals surface area (Å²) in [5.41, 5.74) is 1.05. The third kappa shape index (κ3) is 8.85. The second kappa shape index (κ2) is 9.17. The van der Waals surface area contributed by atoms with Crippen LogP contribution in [0.25, 0.3) is 0 Å². The number of carbonyl (C=O) groups excluding carboxylic acids is 2. The van der Waals surface area contributed by atoms with Gasteiger partial charge in [0.1, 0.15) is 0 Å². The molecule has 0 saturated heterocycles. The molecule has 0 aliphatic heterocycles. The minimum absolute atomic E-state index is 0.00379. The number of benzene rings is 1. The number of esters is 1. The van der Waals surface area contributed by atoms with Gasteiger partial charge in [0.15, 0.2) is 11.9 Å². The maximum Gasteiger partial charge on any atom is 0.338 e. The molecule has 0 bridgehead atoms. The van der Waals surface area contributed by atoms with Gasteiger partial charge in [-0.15, -0.1) is 0 Å². The van der Waals surface area contributed by atoms with Gasteiger partial charge in [-0.25, -0.2) is 4.79 Å². The molecule has 0 aromatic heterocycles. The Labute approximate surface area is 153 Å². The number of hydrogen-bond acceptors (Lipinski definition) is 3. The van der Waals surface area contributed by atoms with Crippen molar-refractivity contribution < 1.29 is 14.3 Å². The van der Waals surface area contributed by atoms with Crippen LogP contribution in [0.2, 0.25) is 0 Å². The van der Waals surface area contributed by atoms with Crippen LogP contribution < -0.4 is 0 Å². The Morgan fingerprint density at radius 3 is 2.12 bits per heavy atom. The van der Waals surface area contributed by atoms with E-state index in [0.29, 0.717) is 17.4 Å². The van der Waals surface area contributed by atoms with Gasteiger partial charge in [0.2, 0.25) is 0 Å². The van der Waals surface area contributed by atoms with Crippen LogP contribution >= 0.6 is 0 Å². The summed E-state index contributed by atoms with van der Waals surface area (Å²) in [6.45, 7) is 13.0. The summed E-state index contributed by atoms with van der Waals surface area (Å²) >= 11 is 0. The minimum atomic E-state index is -0.689. The van der Waals surface area contributed by atoms with E-state index >= 15 is 0 Å². The van der Waals surface area contributed by atoms with E-state index in [1.807, 2.05) is 6.07 Å². The molecular weight excluding hydrogens is 312 g/mol. The molecule has 0 heterocycles. The van der Waals surface area contributed by atoms with Gasteiger partial charge in [0.05, 0.1) is 5.56 Å². The molecule has 140 valence electrons. The van der Waals surface area contributed by atoms with Crippen molar-refractivity contribution in [2.45, 2.75) is 79.8 Å². The minimum Gasteiger partial charge on any atom is -0.451 e. The van der Waals surface area contributed by atoms with Crippen LogP contribution in [0.15, 0.2) is 30.3 Å². The fourth-order valence-electron chi connectivity index (χ4n) is 2.65. The fraction of sp³-hybridized carbons (Fsp3) is 0.636. The molecular formula is C22H34O3. The number of Topliss-reactive ketones (excluding diaryl/α,β-unsaturated/α-hetero) is 1. The van der Waals surface area contributed by atoms with Crippen molar-refractivity contribution in [2.75, 3.05) is 0 Å². The zero-order valence-electron chi connectivity index (χ0n) is 16.7. The van der Waals surface area contributed by atoms with E-state index in [4.69, 9.17) is 4.74 Å². The predicted octanol–water partition coefficient (Wildman–Crippen LogP) is 5.82. The second-order valence-corrected chi connectivity index (χ2v) is 8.96. The van der Waals surface area contributed by atoms with Gasteiger partial charge >= 0.3 is 5.97 Å². The quantitative estimate of drug-likeness (QED) is 0.529. The van der Waals surface area contributed by atoms with Crippen molar-refractivity contribution in [3.05, 3.63) is 35.9 Å². The normalized spacial score (nSPS) is 13.4. The van der Waals surface area contributed by atoms with E-state index in [1.54, 1.807) is 31.2 Å². The van der Waals surface area contributed by atoms with E-state index in [0.717, 1.165) is 19.3 Å². The highest BCUT2D eigenvalue weighted by molar-refractivity contribution is 5.92. The van der Waals surface area contributed by atoms with Crippen molar-refractivity contribution in [3.8, 4) is 0 Å². The second-order valence-electron chi connectivity index (χ2n) is 8.96. The SMILES string of the molecule is CC(OC(=O)c1ccccc1)C(=O)CCCC(C)(C)CCC(C)(C)C. The molecule has 1 aromatic carbocycles. The van der Waals surface area contributed by atoms with Gasteiger partial charge in [0.25, 0.3) is 0 Å². The summed E-state index contributed by atoms with van der Waals surface area (Å²) < 4.78 is 5.28. The van der Waals surface area contributed by atoms with E-state index in [1.165, 1.54) is 6.42 Å². The number of ketones is 1. The first-order chi connectivity index (χ1) is 11.5. The molecule has 0 aliphatic rings. The Morgan fingerprint density at radius 2 is 1.56 bits per heavy atom. The molecule has 0 fully saturated rings. The third-order valence-electron chi connectivity index (χ3n) is 4.58. The van der Waals surface area contributed by atoms with E-state index < -0.39 is 12.1 Å². The molecule has 0 amide bonds. The maximum absolute atomic E-state index is 12.2. The fourth-order valence-corrected chi connectivity index (χ4v) is 2.65. The zero-order valence-corrected chi connectivity index (χ0v) is 16.7. The first kappa shape index (κ1) is 21.4. The van der Waals surface area contributed by atoms with Gasteiger partial charge < -0.3 is 4.74 Å². The highest BCUT2D eigenvalue weighted by Crippen LogP contribution is 2.34. The summed E-state index contributed by atoms with van der Waals surface area (Å²) in [6, 6.07) is 8.78. The standard InChI is InChI=1S/C22H34O3/c1-17(25-20(24)18-11-8-7-9-12-18)19(23)13-10-14-22(5,6)16-15-21(2,3)4/h7-9,11-12,17H,10,13-16H2,1-6H3. The van der Waals surface area contributed by atoms with Crippen molar-refractivity contribution >= 4 is 11.8 Å². The Morgan fingerprint density at radius 1 is 0.960 bits per heavy atom. The zero-order chi connectivity index (χ0) is 19.1. The van der Waals surface area contributed by atoms with Crippen LogP contribution in [-0.4, -0.2) is 17.9 Å². The first-order valence-corrected chi connectivity index (χ1v) is 9.29.